The second-order valence-corrected chi connectivity index (χ2v) is 7.59. The van der Waals surface area contributed by atoms with E-state index in [0.717, 1.165) is 17.3 Å². The van der Waals surface area contributed by atoms with Crippen LogP contribution >= 0.6 is 35.0 Å². The molecular formula is C21H20Cl2F3NOS. The van der Waals surface area contributed by atoms with Gasteiger partial charge in [0.25, 0.3) is 5.78 Å². The van der Waals surface area contributed by atoms with Gasteiger partial charge in [-0.2, -0.15) is 13.2 Å². The van der Waals surface area contributed by atoms with Crippen LogP contribution in [-0.4, -0.2) is 16.5 Å². The Bertz CT molecular complexity index is 906. The van der Waals surface area contributed by atoms with Gasteiger partial charge in [0.1, 0.15) is 0 Å². The molecule has 0 unspecified atom stereocenters. The predicted molar refractivity (Wildman–Crippen MR) is 117 cm³/mol. The Morgan fingerprint density at radius 3 is 2.48 bits per heavy atom. The molecule has 29 heavy (non-hydrogen) atoms. The highest BCUT2D eigenvalue weighted by atomic mass is 35.5. The van der Waals surface area contributed by atoms with E-state index >= 15 is 0 Å². The number of halogens is 5. The van der Waals surface area contributed by atoms with Gasteiger partial charge in [-0.05, 0) is 37.6 Å². The fourth-order valence-electron chi connectivity index (χ4n) is 2.44. The molecule has 0 amide bonds. The number of nitrogens with zero attached hydrogens (tertiary/aromatic N) is 1. The summed E-state index contributed by atoms with van der Waals surface area (Å²) in [6, 6.07) is 1.23. The molecular weight excluding hydrogens is 442 g/mol. The van der Waals surface area contributed by atoms with Crippen LogP contribution in [0.4, 0.5) is 13.2 Å². The van der Waals surface area contributed by atoms with E-state index in [0.29, 0.717) is 9.93 Å². The summed E-state index contributed by atoms with van der Waals surface area (Å²) < 4.78 is 40.8. The topological polar surface area (TPSA) is 22.0 Å². The first kappa shape index (κ1) is 25.1. The average Bonchev–Trinajstić information content (AvgIpc) is 2.89. The van der Waals surface area contributed by atoms with E-state index in [1.54, 1.807) is 16.7 Å². The molecule has 0 aliphatic rings. The number of carbonyl (C=O) groups is 1. The number of allylic oxidation sites excluding steroid dienone is 8. The highest BCUT2D eigenvalue weighted by Gasteiger charge is 2.41. The van der Waals surface area contributed by atoms with Crippen LogP contribution in [0.15, 0.2) is 81.8 Å². The highest BCUT2D eigenvalue weighted by Crippen LogP contribution is 2.35. The van der Waals surface area contributed by atoms with Crippen molar-refractivity contribution in [2.75, 3.05) is 0 Å². The summed E-state index contributed by atoms with van der Waals surface area (Å²) in [7, 11) is 0. The number of rotatable bonds is 9. The van der Waals surface area contributed by atoms with Crippen LogP contribution in [0.2, 0.25) is 0 Å². The van der Waals surface area contributed by atoms with E-state index in [4.69, 9.17) is 23.2 Å². The Labute approximate surface area is 182 Å². The fourth-order valence-corrected chi connectivity index (χ4v) is 3.90. The third kappa shape index (κ3) is 7.46. The van der Waals surface area contributed by atoms with Gasteiger partial charge < -0.3 is 4.57 Å². The van der Waals surface area contributed by atoms with Crippen molar-refractivity contribution in [2.45, 2.75) is 31.6 Å². The SMILES string of the molecule is C=C/C=C(\C=C/C)Cn1c(SC(/C=C/Cl)=C/C(=C)Cl)cc(C(=O)C(F)(F)F)c1C. The molecule has 1 aromatic rings. The zero-order valence-corrected chi connectivity index (χ0v) is 18.2. The zero-order chi connectivity index (χ0) is 22.2. The van der Waals surface area contributed by atoms with Gasteiger partial charge in [-0.1, -0.05) is 72.4 Å². The van der Waals surface area contributed by atoms with Gasteiger partial charge in [0, 0.05) is 33.3 Å². The molecule has 1 heterocycles. The summed E-state index contributed by atoms with van der Waals surface area (Å²) >= 11 is 12.6. The van der Waals surface area contributed by atoms with E-state index in [-0.39, 0.29) is 17.3 Å². The predicted octanol–water partition coefficient (Wildman–Crippen LogP) is 7.71. The van der Waals surface area contributed by atoms with E-state index < -0.39 is 17.5 Å². The minimum absolute atomic E-state index is 0.202. The molecule has 0 aliphatic heterocycles. The summed E-state index contributed by atoms with van der Waals surface area (Å²) in [5.41, 5.74) is 1.85. The van der Waals surface area contributed by atoms with Crippen molar-refractivity contribution in [1.82, 2.24) is 4.57 Å². The lowest BCUT2D eigenvalue weighted by molar-refractivity contribution is -0.0885. The second-order valence-electron chi connectivity index (χ2n) is 5.76. The first-order chi connectivity index (χ1) is 13.5. The zero-order valence-electron chi connectivity index (χ0n) is 15.9. The number of ketones is 1. The summed E-state index contributed by atoms with van der Waals surface area (Å²) in [6.45, 7) is 10.8. The molecule has 0 saturated carbocycles. The lowest BCUT2D eigenvalue weighted by Crippen LogP contribution is -2.23. The van der Waals surface area contributed by atoms with Crippen molar-refractivity contribution in [3.63, 3.8) is 0 Å². The lowest BCUT2D eigenvalue weighted by atomic mass is 10.1. The minimum Gasteiger partial charge on any atom is -0.335 e. The summed E-state index contributed by atoms with van der Waals surface area (Å²) in [5.74, 6) is -1.89. The van der Waals surface area contributed by atoms with Crippen LogP contribution in [0.1, 0.15) is 23.0 Å². The first-order valence-electron chi connectivity index (χ1n) is 8.31. The number of aromatic nitrogens is 1. The molecule has 0 atom stereocenters. The lowest BCUT2D eigenvalue weighted by Gasteiger charge is -2.13. The molecule has 156 valence electrons. The Kier molecular flexibility index (Phi) is 9.83. The van der Waals surface area contributed by atoms with E-state index in [1.165, 1.54) is 30.7 Å². The molecule has 0 spiro atoms. The van der Waals surface area contributed by atoms with Gasteiger partial charge in [0.05, 0.1) is 5.03 Å². The van der Waals surface area contributed by atoms with Crippen molar-refractivity contribution < 1.29 is 18.0 Å². The third-order valence-corrected chi connectivity index (χ3v) is 4.90. The molecule has 1 rings (SSSR count). The third-order valence-electron chi connectivity index (χ3n) is 3.63. The number of Topliss-reactive ketones (excluding diaryl/α,β-unsaturated/α-hetero) is 1. The summed E-state index contributed by atoms with van der Waals surface area (Å²) in [4.78, 5) is 12.4. The highest BCUT2D eigenvalue weighted by molar-refractivity contribution is 8.03. The molecule has 2 nitrogen and oxygen atoms in total. The smallest absolute Gasteiger partial charge is 0.335 e. The van der Waals surface area contributed by atoms with Crippen molar-refractivity contribution in [2.24, 2.45) is 0 Å². The molecule has 0 aliphatic carbocycles. The Hall–Kier alpha value is -1.89. The molecule has 1 aromatic heterocycles. The molecule has 0 aromatic carbocycles. The quantitative estimate of drug-likeness (QED) is 0.213. The monoisotopic (exact) mass is 461 g/mol. The van der Waals surface area contributed by atoms with Gasteiger partial charge in [-0.15, -0.1) is 0 Å². The molecule has 0 fully saturated rings. The van der Waals surface area contributed by atoms with E-state index in [9.17, 15) is 18.0 Å². The molecule has 0 saturated heterocycles. The second kappa shape index (κ2) is 11.3. The van der Waals surface area contributed by atoms with Gasteiger partial charge in [-0.3, -0.25) is 4.79 Å². The number of alkyl halides is 3. The van der Waals surface area contributed by atoms with Crippen molar-refractivity contribution >= 4 is 40.7 Å². The Morgan fingerprint density at radius 1 is 1.34 bits per heavy atom. The van der Waals surface area contributed by atoms with Gasteiger partial charge in [0.15, 0.2) is 0 Å². The van der Waals surface area contributed by atoms with Crippen LogP contribution in [0.5, 0.6) is 0 Å². The number of hydrogen-bond acceptors (Lipinski definition) is 2. The summed E-state index contributed by atoms with van der Waals surface area (Å²) in [6.07, 6.45) is 5.04. The maximum absolute atomic E-state index is 13.0. The van der Waals surface area contributed by atoms with Gasteiger partial charge in [0.2, 0.25) is 0 Å². The van der Waals surface area contributed by atoms with Crippen LogP contribution in [-0.2, 0) is 6.54 Å². The number of carbonyl (C=O) groups excluding carboxylic acids is 1. The van der Waals surface area contributed by atoms with Crippen molar-refractivity contribution in [3.05, 3.63) is 88.0 Å². The number of hydrogen-bond donors (Lipinski definition) is 0. The van der Waals surface area contributed by atoms with E-state index in [1.807, 2.05) is 19.1 Å². The maximum atomic E-state index is 13.0. The first-order valence-corrected chi connectivity index (χ1v) is 9.94. The van der Waals surface area contributed by atoms with Crippen LogP contribution in [0.3, 0.4) is 0 Å². The molecule has 0 radical (unpaired) electrons. The van der Waals surface area contributed by atoms with Gasteiger partial charge >= 0.3 is 6.18 Å². The van der Waals surface area contributed by atoms with Gasteiger partial charge in [-0.25, -0.2) is 0 Å². The van der Waals surface area contributed by atoms with Crippen LogP contribution in [0, 0.1) is 6.92 Å². The van der Waals surface area contributed by atoms with Crippen molar-refractivity contribution in [1.29, 1.82) is 0 Å². The standard InChI is InChI=1S/C21H20Cl2F3NOS/c1-5-7-16(8-6-2)13-27-15(4)18(20(28)21(24,25)26)12-19(27)29-17(9-10-22)11-14(3)23/h5-12H,1,3,13H2,2,4H3/b8-6-,10-9+,16-7+,17-11+. The maximum Gasteiger partial charge on any atom is 0.454 e. The molecule has 8 heteroatoms. The molecule has 0 bridgehead atoms. The van der Waals surface area contributed by atoms with Crippen LogP contribution in [0.25, 0.3) is 0 Å². The van der Waals surface area contributed by atoms with E-state index in [2.05, 4.69) is 13.2 Å². The largest absolute Gasteiger partial charge is 0.454 e. The fraction of sp³-hybridized carbons (Fsp3) is 0.190. The average molecular weight is 462 g/mol. The molecule has 0 N–H and O–H groups in total. The van der Waals surface area contributed by atoms with Crippen LogP contribution < -0.4 is 0 Å². The van der Waals surface area contributed by atoms with Crippen molar-refractivity contribution in [3.8, 4) is 0 Å². The Balaban J connectivity index is 3.59. The Morgan fingerprint density at radius 2 is 2.00 bits per heavy atom. The normalized spacial score (nSPS) is 13.5. The minimum atomic E-state index is -4.97. The number of thioether (sulfide) groups is 1. The summed E-state index contributed by atoms with van der Waals surface area (Å²) in [5, 5.41) is 0.651.